The Morgan fingerprint density at radius 3 is 2.11 bits per heavy atom. The van der Waals surface area contributed by atoms with Gasteiger partial charge in [0, 0.05) is 70.5 Å². The zero-order valence-electron chi connectivity index (χ0n) is 14.9. The zero-order valence-corrected chi connectivity index (χ0v) is 14.9. The van der Waals surface area contributed by atoms with E-state index < -0.39 is 0 Å². The highest BCUT2D eigenvalue weighted by atomic mass is 14.7. The van der Waals surface area contributed by atoms with Crippen LogP contribution in [0.5, 0.6) is 0 Å². The molecule has 130 valence electrons. The van der Waals surface area contributed by atoms with E-state index in [9.17, 15) is 0 Å². The molecule has 4 aromatic heterocycles. The first-order valence-corrected chi connectivity index (χ1v) is 9.12. The summed E-state index contributed by atoms with van der Waals surface area (Å²) in [6, 6.07) is 14.7. The van der Waals surface area contributed by atoms with Crippen LogP contribution < -0.4 is 0 Å². The van der Waals surface area contributed by atoms with Gasteiger partial charge in [-0.2, -0.15) is 0 Å². The van der Waals surface area contributed by atoms with Gasteiger partial charge in [0.1, 0.15) is 0 Å². The maximum atomic E-state index is 4.82. The normalized spacial score (nSPS) is 11.6. The van der Waals surface area contributed by atoms with Gasteiger partial charge in [0.05, 0.1) is 5.69 Å². The van der Waals surface area contributed by atoms with E-state index in [0.29, 0.717) is 0 Å². The Balaban J connectivity index is 1.84. The van der Waals surface area contributed by atoms with Crippen molar-refractivity contribution in [3.05, 3.63) is 85.8 Å². The van der Waals surface area contributed by atoms with Crippen LogP contribution >= 0.6 is 0 Å². The van der Waals surface area contributed by atoms with Crippen molar-refractivity contribution in [2.24, 2.45) is 0 Å². The molecule has 2 aromatic carbocycles. The van der Waals surface area contributed by atoms with Crippen LogP contribution in [0.2, 0.25) is 0 Å². The van der Waals surface area contributed by atoms with Crippen LogP contribution in [0.3, 0.4) is 0 Å². The van der Waals surface area contributed by atoms with Gasteiger partial charge in [0.25, 0.3) is 0 Å². The number of hydrogen-bond donors (Lipinski definition) is 0. The Bertz CT molecular complexity index is 1520. The van der Waals surface area contributed by atoms with Crippen LogP contribution in [0, 0.1) is 0 Å². The molecule has 0 fully saturated rings. The lowest BCUT2D eigenvalue weighted by Gasteiger charge is -2.13. The van der Waals surface area contributed by atoms with Crippen LogP contribution in [0.15, 0.2) is 85.8 Å². The van der Waals surface area contributed by atoms with E-state index >= 15 is 0 Å². The zero-order chi connectivity index (χ0) is 18.5. The molecule has 0 N–H and O–H groups in total. The Hall–Kier alpha value is -3.92. The molecule has 0 spiro atoms. The third-order valence-electron chi connectivity index (χ3n) is 5.36. The quantitative estimate of drug-likeness (QED) is 0.362. The first-order valence-electron chi connectivity index (χ1n) is 9.12. The van der Waals surface area contributed by atoms with Crippen LogP contribution in [0.1, 0.15) is 0 Å². The molecule has 0 bridgehead atoms. The van der Waals surface area contributed by atoms with Gasteiger partial charge in [0.15, 0.2) is 0 Å². The highest BCUT2D eigenvalue weighted by Gasteiger charge is 2.14. The van der Waals surface area contributed by atoms with E-state index in [-0.39, 0.29) is 0 Å². The third-order valence-corrected chi connectivity index (χ3v) is 5.36. The summed E-state index contributed by atoms with van der Waals surface area (Å²) in [4.78, 5) is 17.8. The van der Waals surface area contributed by atoms with Crippen molar-refractivity contribution in [3.8, 4) is 11.3 Å². The van der Waals surface area contributed by atoms with Crippen molar-refractivity contribution >= 4 is 43.1 Å². The lowest BCUT2D eigenvalue weighted by atomic mass is 9.94. The van der Waals surface area contributed by atoms with Gasteiger partial charge < -0.3 is 0 Å². The van der Waals surface area contributed by atoms with Gasteiger partial charge >= 0.3 is 0 Å². The summed E-state index contributed by atoms with van der Waals surface area (Å²) >= 11 is 0. The van der Waals surface area contributed by atoms with Crippen LogP contribution in [0.4, 0.5) is 0 Å². The minimum atomic E-state index is 0.969. The van der Waals surface area contributed by atoms with Crippen LogP contribution in [0.25, 0.3) is 54.3 Å². The summed E-state index contributed by atoms with van der Waals surface area (Å²) in [5.74, 6) is 0. The molecule has 4 heterocycles. The molecule has 0 saturated carbocycles. The first-order chi connectivity index (χ1) is 13.9. The number of nitrogens with zero attached hydrogens (tertiary/aromatic N) is 4. The maximum Gasteiger partial charge on any atom is 0.0793 e. The average Bonchev–Trinajstić information content (AvgIpc) is 2.78. The molecule has 0 radical (unpaired) electrons. The molecule has 0 atom stereocenters. The van der Waals surface area contributed by atoms with Gasteiger partial charge in [-0.15, -0.1) is 0 Å². The van der Waals surface area contributed by atoms with E-state index in [4.69, 9.17) is 4.98 Å². The van der Waals surface area contributed by atoms with Gasteiger partial charge in [-0.3, -0.25) is 19.9 Å². The lowest BCUT2D eigenvalue weighted by Crippen LogP contribution is -1.91. The molecular formula is C24H14N4. The molecule has 6 rings (SSSR count). The molecule has 28 heavy (non-hydrogen) atoms. The molecule has 6 aromatic rings. The van der Waals surface area contributed by atoms with Gasteiger partial charge in [-0.25, -0.2) is 0 Å². The molecule has 4 nitrogen and oxygen atoms in total. The Kier molecular flexibility index (Phi) is 3.14. The predicted octanol–water partition coefficient (Wildman–Crippen LogP) is 5.55. The van der Waals surface area contributed by atoms with E-state index in [1.807, 2.05) is 49.4 Å². The van der Waals surface area contributed by atoms with E-state index in [0.717, 1.165) is 54.3 Å². The topological polar surface area (TPSA) is 51.6 Å². The predicted molar refractivity (Wildman–Crippen MR) is 113 cm³/mol. The van der Waals surface area contributed by atoms with E-state index in [1.165, 1.54) is 0 Å². The highest BCUT2D eigenvalue weighted by Crippen LogP contribution is 2.38. The second-order valence-electron chi connectivity index (χ2n) is 6.86. The first kappa shape index (κ1) is 15.2. The molecule has 0 aliphatic rings. The summed E-state index contributed by atoms with van der Waals surface area (Å²) in [6.07, 6.45) is 13.1. The van der Waals surface area contributed by atoms with Crippen molar-refractivity contribution in [1.29, 1.82) is 0 Å². The highest BCUT2D eigenvalue weighted by molar-refractivity contribution is 6.19. The Morgan fingerprint density at radius 1 is 0.500 bits per heavy atom. The van der Waals surface area contributed by atoms with Gasteiger partial charge in [-0.1, -0.05) is 12.1 Å². The fourth-order valence-corrected chi connectivity index (χ4v) is 4.09. The van der Waals surface area contributed by atoms with E-state index in [1.54, 1.807) is 0 Å². The second-order valence-corrected chi connectivity index (χ2v) is 6.86. The SMILES string of the molecule is c1cc2c(cn1)cc(-c1nccc3ccc4cnccc4c13)c1ccncc12. The molecule has 0 unspecified atom stereocenters. The largest absolute Gasteiger partial charge is 0.264 e. The number of aromatic nitrogens is 4. The second kappa shape index (κ2) is 5.79. The molecule has 4 heteroatoms. The number of pyridine rings is 4. The molecule has 0 aliphatic carbocycles. The van der Waals surface area contributed by atoms with Gasteiger partial charge in [0.2, 0.25) is 0 Å². The lowest BCUT2D eigenvalue weighted by molar-refractivity contribution is 1.34. The van der Waals surface area contributed by atoms with E-state index in [2.05, 4.69) is 51.4 Å². The monoisotopic (exact) mass is 358 g/mol. The molecular weight excluding hydrogens is 344 g/mol. The van der Waals surface area contributed by atoms with Crippen LogP contribution in [-0.4, -0.2) is 19.9 Å². The van der Waals surface area contributed by atoms with Crippen LogP contribution in [-0.2, 0) is 0 Å². The number of hydrogen-bond acceptors (Lipinski definition) is 4. The standard InChI is InChI=1S/C24H14N4/c1-2-16-12-25-8-5-19(16)23-15(1)3-10-28-24(23)21-11-17-13-26-7-4-18(17)22-14-27-9-6-20(21)22/h1-14H. The fraction of sp³-hybridized carbons (Fsp3) is 0. The maximum absolute atomic E-state index is 4.82. The average molecular weight is 358 g/mol. The molecule has 0 amide bonds. The molecule has 0 aliphatic heterocycles. The van der Waals surface area contributed by atoms with Crippen molar-refractivity contribution in [3.63, 3.8) is 0 Å². The Labute approximate surface area is 160 Å². The van der Waals surface area contributed by atoms with Crippen molar-refractivity contribution in [2.75, 3.05) is 0 Å². The van der Waals surface area contributed by atoms with Crippen molar-refractivity contribution in [2.45, 2.75) is 0 Å². The minimum Gasteiger partial charge on any atom is -0.264 e. The summed E-state index contributed by atoms with van der Waals surface area (Å²) < 4.78 is 0. The Morgan fingerprint density at radius 2 is 1.21 bits per heavy atom. The number of rotatable bonds is 1. The summed E-state index contributed by atoms with van der Waals surface area (Å²) in [5.41, 5.74) is 2.06. The number of fused-ring (bicyclic) bond motifs is 6. The van der Waals surface area contributed by atoms with Crippen molar-refractivity contribution in [1.82, 2.24) is 19.9 Å². The smallest absolute Gasteiger partial charge is 0.0793 e. The van der Waals surface area contributed by atoms with Gasteiger partial charge in [-0.05, 0) is 51.9 Å². The van der Waals surface area contributed by atoms with Crippen molar-refractivity contribution < 1.29 is 0 Å². The fourth-order valence-electron chi connectivity index (χ4n) is 4.09. The summed E-state index contributed by atoms with van der Waals surface area (Å²) in [6.45, 7) is 0. The summed E-state index contributed by atoms with van der Waals surface area (Å²) in [7, 11) is 0. The minimum absolute atomic E-state index is 0.969. The number of benzene rings is 2. The third kappa shape index (κ3) is 2.12. The summed E-state index contributed by atoms with van der Waals surface area (Å²) in [5, 5.41) is 9.05. The molecule has 0 saturated heterocycles.